The van der Waals surface area contributed by atoms with Gasteiger partial charge in [0.2, 0.25) is 0 Å². The van der Waals surface area contributed by atoms with Gasteiger partial charge in [0.15, 0.2) is 11.6 Å². The molecule has 158 valence electrons. The summed E-state index contributed by atoms with van der Waals surface area (Å²) in [6, 6.07) is 9.64. The molecular formula is C21H25F2N7. The maximum Gasteiger partial charge on any atom is 0.191 e. The van der Waals surface area contributed by atoms with Gasteiger partial charge in [-0.3, -0.25) is 9.39 Å². The predicted octanol–water partition coefficient (Wildman–Crippen LogP) is 2.38. The normalized spacial score (nSPS) is 17.0. The Labute approximate surface area is 173 Å². The Bertz CT molecular complexity index is 1030. The van der Waals surface area contributed by atoms with Gasteiger partial charge in [0.05, 0.1) is 5.69 Å². The van der Waals surface area contributed by atoms with Gasteiger partial charge >= 0.3 is 0 Å². The van der Waals surface area contributed by atoms with E-state index in [4.69, 9.17) is 0 Å². The number of hydrogen-bond donors (Lipinski definition) is 2. The fraction of sp³-hybridized carbons (Fsp3) is 0.381. The number of aliphatic imine (C=N–C) groups is 1. The number of halogens is 2. The van der Waals surface area contributed by atoms with Gasteiger partial charge < -0.3 is 15.5 Å². The number of guanidine groups is 1. The lowest BCUT2D eigenvalue weighted by atomic mass is 10.2. The Morgan fingerprint density at radius 2 is 2.13 bits per heavy atom. The fourth-order valence-corrected chi connectivity index (χ4v) is 3.68. The van der Waals surface area contributed by atoms with E-state index in [9.17, 15) is 8.78 Å². The molecule has 0 amide bonds. The molecule has 0 aliphatic carbocycles. The van der Waals surface area contributed by atoms with Gasteiger partial charge in [0.1, 0.15) is 17.5 Å². The molecule has 1 fully saturated rings. The molecule has 1 unspecified atom stereocenters. The highest BCUT2D eigenvalue weighted by atomic mass is 19.1. The molecule has 1 atom stereocenters. The smallest absolute Gasteiger partial charge is 0.191 e. The summed E-state index contributed by atoms with van der Waals surface area (Å²) in [5.41, 5.74) is 1.25. The Morgan fingerprint density at radius 1 is 1.23 bits per heavy atom. The minimum absolute atomic E-state index is 0.126. The van der Waals surface area contributed by atoms with Crippen LogP contribution in [0.1, 0.15) is 19.2 Å². The molecule has 2 aromatic heterocycles. The van der Waals surface area contributed by atoms with E-state index in [0.29, 0.717) is 31.7 Å². The molecule has 0 spiro atoms. The number of hydrogen-bond acceptors (Lipinski definition) is 4. The van der Waals surface area contributed by atoms with Crippen molar-refractivity contribution < 1.29 is 8.78 Å². The number of aromatic nitrogens is 3. The maximum atomic E-state index is 14.1. The highest BCUT2D eigenvalue weighted by molar-refractivity contribution is 5.80. The van der Waals surface area contributed by atoms with Gasteiger partial charge in [-0.15, -0.1) is 10.2 Å². The molecule has 0 bridgehead atoms. The minimum atomic E-state index is -0.563. The lowest BCUT2D eigenvalue weighted by molar-refractivity contribution is 0.580. The lowest BCUT2D eigenvalue weighted by Gasteiger charge is -2.21. The first-order valence-electron chi connectivity index (χ1n) is 10.2. The zero-order valence-corrected chi connectivity index (χ0v) is 16.9. The molecule has 1 aromatic carbocycles. The summed E-state index contributed by atoms with van der Waals surface area (Å²) in [6.45, 7) is 4.64. The van der Waals surface area contributed by atoms with Crippen molar-refractivity contribution in [2.45, 2.75) is 25.8 Å². The molecule has 1 aliphatic heterocycles. The summed E-state index contributed by atoms with van der Waals surface area (Å²) in [5.74, 6) is 0.491. The maximum absolute atomic E-state index is 14.1. The molecule has 4 rings (SSSR count). The number of pyridine rings is 1. The third-order valence-electron chi connectivity index (χ3n) is 5.11. The summed E-state index contributed by atoms with van der Waals surface area (Å²) in [4.78, 5) is 6.59. The van der Waals surface area contributed by atoms with Crippen LogP contribution in [-0.2, 0) is 6.42 Å². The Hall–Kier alpha value is -3.23. The first kappa shape index (κ1) is 20.1. The predicted molar refractivity (Wildman–Crippen MR) is 113 cm³/mol. The van der Waals surface area contributed by atoms with Crippen molar-refractivity contribution in [3.05, 3.63) is 60.1 Å². The summed E-state index contributed by atoms with van der Waals surface area (Å²) in [7, 11) is 0. The van der Waals surface area contributed by atoms with Crippen LogP contribution >= 0.6 is 0 Å². The van der Waals surface area contributed by atoms with Crippen LogP contribution in [0.2, 0.25) is 0 Å². The van der Waals surface area contributed by atoms with Crippen molar-refractivity contribution in [2.24, 2.45) is 4.99 Å². The first-order valence-corrected chi connectivity index (χ1v) is 10.2. The SMILES string of the molecule is CCNC(=NCCc1nnc2ccccn12)NC1CCN(c2ccc(F)cc2F)C1. The second-order valence-corrected chi connectivity index (χ2v) is 7.23. The molecule has 0 saturated carbocycles. The Morgan fingerprint density at radius 3 is 2.97 bits per heavy atom. The van der Waals surface area contributed by atoms with Gasteiger partial charge in [-0.2, -0.15) is 0 Å². The van der Waals surface area contributed by atoms with Crippen LogP contribution in [0, 0.1) is 11.6 Å². The summed E-state index contributed by atoms with van der Waals surface area (Å²) in [5, 5.41) is 15.1. The van der Waals surface area contributed by atoms with Crippen LogP contribution in [0.4, 0.5) is 14.5 Å². The van der Waals surface area contributed by atoms with E-state index in [1.807, 2.05) is 40.6 Å². The lowest BCUT2D eigenvalue weighted by Crippen LogP contribution is -2.44. The fourth-order valence-electron chi connectivity index (χ4n) is 3.68. The zero-order valence-electron chi connectivity index (χ0n) is 16.9. The van der Waals surface area contributed by atoms with Crippen LogP contribution in [0.25, 0.3) is 5.65 Å². The molecule has 2 N–H and O–H groups in total. The van der Waals surface area contributed by atoms with Gasteiger partial charge in [-0.1, -0.05) is 6.07 Å². The van der Waals surface area contributed by atoms with Crippen molar-refractivity contribution in [3.63, 3.8) is 0 Å². The third kappa shape index (κ3) is 4.50. The van der Waals surface area contributed by atoms with Crippen LogP contribution in [0.15, 0.2) is 47.6 Å². The van der Waals surface area contributed by atoms with Crippen LogP contribution in [0.5, 0.6) is 0 Å². The van der Waals surface area contributed by atoms with Crippen LogP contribution < -0.4 is 15.5 Å². The first-order chi connectivity index (χ1) is 14.6. The third-order valence-corrected chi connectivity index (χ3v) is 5.11. The monoisotopic (exact) mass is 413 g/mol. The molecule has 9 heteroatoms. The van der Waals surface area contributed by atoms with Gasteiger partial charge in [0, 0.05) is 50.9 Å². The average Bonchev–Trinajstić information content (AvgIpc) is 3.35. The number of rotatable bonds is 6. The number of nitrogens with one attached hydrogen (secondary N) is 2. The molecule has 30 heavy (non-hydrogen) atoms. The molecule has 0 radical (unpaired) electrons. The quantitative estimate of drug-likeness (QED) is 0.480. The molecule has 3 aromatic rings. The number of anilines is 1. The number of benzene rings is 1. The van der Waals surface area contributed by atoms with E-state index in [1.165, 1.54) is 12.1 Å². The molecule has 1 saturated heterocycles. The summed E-state index contributed by atoms with van der Waals surface area (Å²) in [6.07, 6.45) is 3.45. The van der Waals surface area contributed by atoms with E-state index in [1.54, 1.807) is 0 Å². The van der Waals surface area contributed by atoms with Gasteiger partial charge in [-0.05, 0) is 37.6 Å². The summed E-state index contributed by atoms with van der Waals surface area (Å²) >= 11 is 0. The van der Waals surface area contributed by atoms with Crippen molar-refractivity contribution in [2.75, 3.05) is 31.1 Å². The average molecular weight is 413 g/mol. The van der Waals surface area contributed by atoms with Crippen molar-refractivity contribution in [1.29, 1.82) is 0 Å². The zero-order chi connectivity index (χ0) is 20.9. The van der Waals surface area contributed by atoms with Gasteiger partial charge in [-0.25, -0.2) is 8.78 Å². The minimum Gasteiger partial charge on any atom is -0.367 e. The Balaban J connectivity index is 1.36. The highest BCUT2D eigenvalue weighted by Gasteiger charge is 2.25. The second kappa shape index (κ2) is 9.06. The number of nitrogens with zero attached hydrogens (tertiary/aromatic N) is 5. The van der Waals surface area contributed by atoms with Crippen molar-refractivity contribution in [3.8, 4) is 0 Å². The van der Waals surface area contributed by atoms with Crippen LogP contribution in [0.3, 0.4) is 0 Å². The van der Waals surface area contributed by atoms with E-state index in [-0.39, 0.29) is 6.04 Å². The Kier molecular flexibility index (Phi) is 6.06. The van der Waals surface area contributed by atoms with E-state index in [2.05, 4.69) is 25.8 Å². The van der Waals surface area contributed by atoms with E-state index >= 15 is 0 Å². The molecular weight excluding hydrogens is 388 g/mol. The molecule has 3 heterocycles. The van der Waals surface area contributed by atoms with E-state index in [0.717, 1.165) is 36.5 Å². The van der Waals surface area contributed by atoms with E-state index < -0.39 is 11.6 Å². The van der Waals surface area contributed by atoms with Gasteiger partial charge in [0.25, 0.3) is 0 Å². The van der Waals surface area contributed by atoms with Crippen molar-refractivity contribution in [1.82, 2.24) is 25.2 Å². The molecule has 1 aliphatic rings. The summed E-state index contributed by atoms with van der Waals surface area (Å²) < 4.78 is 29.2. The van der Waals surface area contributed by atoms with Crippen molar-refractivity contribution >= 4 is 17.3 Å². The largest absolute Gasteiger partial charge is 0.367 e. The van der Waals surface area contributed by atoms with Crippen LogP contribution in [-0.4, -0.2) is 52.8 Å². The standard InChI is InChI=1S/C21H25F2N7/c1-2-24-21(25-10-8-20-28-27-19-5-3-4-11-30(19)20)26-16-9-12-29(14-16)18-7-6-15(22)13-17(18)23/h3-7,11,13,16H,2,8-10,12,14H2,1H3,(H2,24,25,26). The number of fused-ring (bicyclic) bond motifs is 1. The topological polar surface area (TPSA) is 69.8 Å². The highest BCUT2D eigenvalue weighted by Crippen LogP contribution is 2.24. The second-order valence-electron chi connectivity index (χ2n) is 7.23. The molecule has 7 nitrogen and oxygen atoms in total.